The second kappa shape index (κ2) is 7.99. The lowest BCUT2D eigenvalue weighted by Gasteiger charge is -2.42. The molecule has 2 aliphatic heterocycles. The van der Waals surface area contributed by atoms with Gasteiger partial charge in [0.1, 0.15) is 6.33 Å². The highest BCUT2D eigenvalue weighted by molar-refractivity contribution is 7.89. The lowest BCUT2D eigenvalue weighted by Crippen LogP contribution is -2.58. The minimum atomic E-state index is -4.64. The molecule has 3 N–H and O–H groups in total. The van der Waals surface area contributed by atoms with Crippen LogP contribution in [0.4, 0.5) is 19.0 Å². The number of imidazole rings is 1. The molecule has 10 nitrogen and oxygen atoms in total. The number of nitrogens with two attached hydrogens (primary N) is 1. The SMILES string of the molecule is Cc1ccc(S(=O)(=O)NC23COC(C)(C2)C3)cc1-c1cnc2c(N)ncnn12.O=CC(F)(F)F. The summed E-state index contributed by atoms with van der Waals surface area (Å²) in [5, 5.41) is 4.20. The van der Waals surface area contributed by atoms with E-state index in [0.29, 0.717) is 36.4 Å². The minimum Gasteiger partial charge on any atom is -0.381 e. The number of carbonyl (C=O) groups is 1. The Morgan fingerprint density at radius 3 is 2.53 bits per heavy atom. The van der Waals surface area contributed by atoms with Crippen LogP contribution in [0.1, 0.15) is 25.3 Å². The van der Waals surface area contributed by atoms with Gasteiger partial charge in [-0.3, -0.25) is 4.79 Å². The van der Waals surface area contributed by atoms with Gasteiger partial charge in [-0.15, -0.1) is 0 Å². The molecule has 0 unspecified atom stereocenters. The van der Waals surface area contributed by atoms with Gasteiger partial charge in [0.05, 0.1) is 34.5 Å². The standard InChI is InChI=1S/C18H20N6O3S.C2HF3O/c1-11-3-4-12(28(25,26)23-18-7-17(2,8-18)27-9-18)5-13(11)14-6-20-16-15(19)21-10-22-24(14)16;3-2(4,5)1-6/h3-6,10,23H,7-9H2,1-2H3,(H2,19,21,22);1H. The number of nitrogen functional groups attached to an aromatic ring is 1. The highest BCUT2D eigenvalue weighted by Gasteiger charge is 2.61. The number of hydrogen-bond donors (Lipinski definition) is 2. The van der Waals surface area contributed by atoms with E-state index in [1.54, 1.807) is 28.9 Å². The van der Waals surface area contributed by atoms with Gasteiger partial charge < -0.3 is 10.5 Å². The van der Waals surface area contributed by atoms with Gasteiger partial charge in [-0.25, -0.2) is 27.6 Å². The summed E-state index contributed by atoms with van der Waals surface area (Å²) in [4.78, 5) is 17.1. The molecule has 14 heteroatoms. The van der Waals surface area contributed by atoms with Crippen LogP contribution in [0.15, 0.2) is 35.6 Å². The van der Waals surface area contributed by atoms with Crippen LogP contribution in [0.5, 0.6) is 0 Å². The Kier molecular flexibility index (Phi) is 5.65. The minimum absolute atomic E-state index is 0.194. The van der Waals surface area contributed by atoms with E-state index in [2.05, 4.69) is 19.8 Å². The Morgan fingerprint density at radius 2 is 1.94 bits per heavy atom. The molecule has 2 aromatic heterocycles. The lowest BCUT2D eigenvalue weighted by atomic mass is 9.70. The number of nitrogens with one attached hydrogen (secondary N) is 1. The zero-order chi connectivity index (χ0) is 24.9. The molecule has 3 fully saturated rings. The lowest BCUT2D eigenvalue weighted by molar-refractivity contribution is -0.156. The van der Waals surface area contributed by atoms with Gasteiger partial charge in [-0.2, -0.15) is 18.3 Å². The molecule has 2 bridgehead atoms. The van der Waals surface area contributed by atoms with Gasteiger partial charge >= 0.3 is 6.18 Å². The summed E-state index contributed by atoms with van der Waals surface area (Å²) >= 11 is 0. The van der Waals surface area contributed by atoms with Crippen LogP contribution in [0.25, 0.3) is 16.9 Å². The molecule has 4 heterocycles. The number of rotatable bonds is 4. The second-order valence-electron chi connectivity index (χ2n) is 8.64. The summed E-state index contributed by atoms with van der Waals surface area (Å²) < 4.78 is 67.4. The zero-order valence-electron chi connectivity index (χ0n) is 18.1. The van der Waals surface area contributed by atoms with Crippen LogP contribution in [0.2, 0.25) is 0 Å². The number of sulfonamides is 1. The first-order valence-corrected chi connectivity index (χ1v) is 11.5. The number of fused-ring (bicyclic) bond motifs is 2. The molecular formula is C20H21F3N6O4S. The maximum absolute atomic E-state index is 13.0. The first-order valence-electron chi connectivity index (χ1n) is 10.0. The number of aldehydes is 1. The fourth-order valence-corrected chi connectivity index (χ4v) is 5.82. The highest BCUT2D eigenvalue weighted by Crippen LogP contribution is 2.51. The molecular weight excluding hydrogens is 477 g/mol. The summed E-state index contributed by atoms with van der Waals surface area (Å²) in [6.07, 6.45) is -1.35. The van der Waals surface area contributed by atoms with E-state index in [9.17, 15) is 21.6 Å². The van der Waals surface area contributed by atoms with Crippen molar-refractivity contribution >= 4 is 27.8 Å². The molecule has 0 atom stereocenters. The van der Waals surface area contributed by atoms with Crippen molar-refractivity contribution in [3.05, 3.63) is 36.3 Å². The normalized spacial score (nSPS) is 23.8. The maximum Gasteiger partial charge on any atom is 0.446 e. The number of halogens is 3. The number of anilines is 1. The molecule has 0 spiro atoms. The van der Waals surface area contributed by atoms with Crippen molar-refractivity contribution in [3.8, 4) is 11.3 Å². The van der Waals surface area contributed by atoms with Crippen molar-refractivity contribution in [2.45, 2.75) is 48.9 Å². The zero-order valence-corrected chi connectivity index (χ0v) is 18.9. The monoisotopic (exact) mass is 498 g/mol. The highest BCUT2D eigenvalue weighted by atomic mass is 32.2. The van der Waals surface area contributed by atoms with Gasteiger partial charge in [0, 0.05) is 5.56 Å². The number of benzene rings is 1. The first-order chi connectivity index (χ1) is 15.8. The van der Waals surface area contributed by atoms with E-state index in [0.717, 1.165) is 5.56 Å². The Morgan fingerprint density at radius 1 is 1.26 bits per heavy atom. The summed E-state index contributed by atoms with van der Waals surface area (Å²) in [5.74, 6) is 0.262. The van der Waals surface area contributed by atoms with Crippen molar-refractivity contribution in [1.29, 1.82) is 0 Å². The van der Waals surface area contributed by atoms with Crippen LogP contribution in [-0.2, 0) is 19.6 Å². The molecule has 1 saturated carbocycles. The topological polar surface area (TPSA) is 142 Å². The van der Waals surface area contributed by atoms with Crippen molar-refractivity contribution in [2.75, 3.05) is 12.3 Å². The molecule has 3 aliphatic rings. The van der Waals surface area contributed by atoms with Crippen molar-refractivity contribution in [1.82, 2.24) is 24.3 Å². The van der Waals surface area contributed by atoms with E-state index < -0.39 is 28.0 Å². The van der Waals surface area contributed by atoms with E-state index >= 15 is 0 Å². The molecule has 0 radical (unpaired) electrons. The number of alkyl halides is 3. The predicted octanol–water partition coefficient (Wildman–Crippen LogP) is 2.03. The number of nitrogens with zero attached hydrogens (tertiary/aromatic N) is 4. The number of aromatic nitrogens is 4. The van der Waals surface area contributed by atoms with Crippen LogP contribution >= 0.6 is 0 Å². The van der Waals surface area contributed by atoms with Crippen LogP contribution in [0, 0.1) is 6.92 Å². The Labute approximate surface area is 192 Å². The van der Waals surface area contributed by atoms with Gasteiger partial charge in [0.2, 0.25) is 16.3 Å². The van der Waals surface area contributed by atoms with Crippen molar-refractivity contribution in [2.24, 2.45) is 0 Å². The van der Waals surface area contributed by atoms with Gasteiger partial charge in [0.25, 0.3) is 0 Å². The third-order valence-corrected chi connectivity index (χ3v) is 7.31. The Bertz CT molecular complexity index is 1370. The Balaban J connectivity index is 0.000000408. The summed E-state index contributed by atoms with van der Waals surface area (Å²) in [6.45, 7) is 4.32. The molecule has 3 aromatic rings. The summed E-state index contributed by atoms with van der Waals surface area (Å²) in [6, 6.07) is 5.03. The molecule has 34 heavy (non-hydrogen) atoms. The molecule has 1 aliphatic carbocycles. The average Bonchev–Trinajstić information content (AvgIpc) is 3.39. The van der Waals surface area contributed by atoms with Crippen molar-refractivity contribution in [3.63, 3.8) is 0 Å². The first kappa shape index (κ1) is 24.0. The Hall–Kier alpha value is -3.10. The largest absolute Gasteiger partial charge is 0.446 e. The molecule has 1 aromatic carbocycles. The summed E-state index contributed by atoms with van der Waals surface area (Å²) in [5.41, 5.74) is 7.85. The average molecular weight is 498 g/mol. The fourth-order valence-electron chi connectivity index (χ4n) is 4.40. The number of carbonyl (C=O) groups excluding carboxylic acids is 1. The number of ether oxygens (including phenoxy) is 1. The molecule has 2 saturated heterocycles. The van der Waals surface area contributed by atoms with Gasteiger partial charge in [-0.05, 0) is 44.4 Å². The third kappa shape index (κ3) is 4.48. The molecule has 182 valence electrons. The third-order valence-electron chi connectivity index (χ3n) is 5.73. The van der Waals surface area contributed by atoms with Crippen LogP contribution in [-0.4, -0.2) is 58.2 Å². The maximum atomic E-state index is 13.0. The van der Waals surface area contributed by atoms with Crippen LogP contribution < -0.4 is 10.5 Å². The fraction of sp³-hybridized carbons (Fsp3) is 0.400. The smallest absolute Gasteiger partial charge is 0.381 e. The van der Waals surface area contributed by atoms with Crippen LogP contribution in [0.3, 0.4) is 0 Å². The number of hydrogen-bond acceptors (Lipinski definition) is 8. The van der Waals surface area contributed by atoms with E-state index in [1.165, 1.54) is 6.33 Å². The molecule has 0 amide bonds. The van der Waals surface area contributed by atoms with E-state index in [4.69, 9.17) is 15.3 Å². The van der Waals surface area contributed by atoms with E-state index in [1.807, 2.05) is 13.8 Å². The quantitative estimate of drug-likeness (QED) is 0.521. The van der Waals surface area contributed by atoms with Gasteiger partial charge in [-0.1, -0.05) is 6.07 Å². The predicted molar refractivity (Wildman–Crippen MR) is 114 cm³/mol. The summed E-state index contributed by atoms with van der Waals surface area (Å²) in [7, 11) is -3.70. The van der Waals surface area contributed by atoms with Crippen molar-refractivity contribution < 1.29 is 31.1 Å². The van der Waals surface area contributed by atoms with E-state index in [-0.39, 0.29) is 16.3 Å². The molecule has 6 rings (SSSR count). The van der Waals surface area contributed by atoms with Gasteiger partial charge in [0.15, 0.2) is 11.5 Å². The number of aryl methyl sites for hydroxylation is 1. The second-order valence-corrected chi connectivity index (χ2v) is 10.3.